The Morgan fingerprint density at radius 1 is 1.33 bits per heavy atom. The summed E-state index contributed by atoms with van der Waals surface area (Å²) in [6.07, 6.45) is 7.47. The highest BCUT2D eigenvalue weighted by Crippen LogP contribution is 2.26. The van der Waals surface area contributed by atoms with Gasteiger partial charge in [-0.1, -0.05) is 19.3 Å². The second-order valence-corrected chi connectivity index (χ2v) is 5.72. The smallest absolute Gasteiger partial charge is 0.197 e. The Morgan fingerprint density at radius 2 is 2.10 bits per heavy atom. The zero-order valence-corrected chi connectivity index (χ0v) is 12.3. The lowest BCUT2D eigenvalue weighted by Gasteiger charge is -2.24. The predicted octanol–water partition coefficient (Wildman–Crippen LogP) is 3.71. The average Bonchev–Trinajstić information content (AvgIpc) is 2.50. The molecule has 1 heterocycles. The fraction of sp³-hybridized carbons (Fsp3) is 0.471. The van der Waals surface area contributed by atoms with E-state index in [2.05, 4.69) is 11.4 Å². The van der Waals surface area contributed by atoms with Crippen LogP contribution in [0.25, 0.3) is 10.9 Å². The van der Waals surface area contributed by atoms with Gasteiger partial charge in [0.2, 0.25) is 0 Å². The minimum absolute atomic E-state index is 0.252. The van der Waals surface area contributed by atoms with E-state index in [4.69, 9.17) is 0 Å². The van der Waals surface area contributed by atoms with Crippen LogP contribution in [0.2, 0.25) is 0 Å². The van der Waals surface area contributed by atoms with Crippen LogP contribution >= 0.6 is 0 Å². The Hall–Kier alpha value is -1.84. The van der Waals surface area contributed by atoms with Crippen LogP contribution in [-0.2, 0) is 6.54 Å². The number of nitrogens with zero attached hydrogens (tertiary/aromatic N) is 1. The van der Waals surface area contributed by atoms with Crippen molar-refractivity contribution in [2.45, 2.75) is 51.6 Å². The highest BCUT2D eigenvalue weighted by molar-refractivity contribution is 5.82. The van der Waals surface area contributed by atoms with E-state index < -0.39 is 0 Å². The summed E-state index contributed by atoms with van der Waals surface area (Å²) in [6.45, 7) is 2.72. The lowest BCUT2D eigenvalue weighted by Crippen LogP contribution is -2.23. The van der Waals surface area contributed by atoms with Crippen LogP contribution in [0, 0.1) is 11.9 Å². The first-order valence-electron chi connectivity index (χ1n) is 7.70. The van der Waals surface area contributed by atoms with Crippen molar-refractivity contribution < 1.29 is 4.39 Å². The summed E-state index contributed by atoms with van der Waals surface area (Å²) >= 11 is 0. The molecule has 3 rings (SSSR count). The summed E-state index contributed by atoms with van der Waals surface area (Å²) in [6, 6.07) is 6.08. The molecule has 0 unspecified atom stereocenters. The molecule has 0 spiro atoms. The fourth-order valence-corrected chi connectivity index (χ4v) is 3.10. The number of hydrogen-bond acceptors (Lipinski definition) is 2. The first-order valence-corrected chi connectivity index (χ1v) is 7.70. The molecule has 1 radical (unpaired) electrons. The second-order valence-electron chi connectivity index (χ2n) is 5.72. The fourth-order valence-electron chi connectivity index (χ4n) is 3.10. The number of benzene rings is 1. The summed E-state index contributed by atoms with van der Waals surface area (Å²) < 4.78 is 16.2. The van der Waals surface area contributed by atoms with Gasteiger partial charge in [0, 0.05) is 24.2 Å². The first kappa shape index (κ1) is 14.1. The van der Waals surface area contributed by atoms with Gasteiger partial charge in [0.25, 0.3) is 0 Å². The molecule has 21 heavy (non-hydrogen) atoms. The largest absolute Gasteiger partial charge is 0.380 e. The maximum absolute atomic E-state index is 14.3. The van der Waals surface area contributed by atoms with Gasteiger partial charge in [-0.05, 0) is 31.9 Å². The molecule has 4 heteroatoms. The molecule has 0 atom stereocenters. The molecule has 0 saturated heterocycles. The number of hydrogen-bond donors (Lipinski definition) is 1. The van der Waals surface area contributed by atoms with Gasteiger partial charge >= 0.3 is 0 Å². The number of halogens is 1. The van der Waals surface area contributed by atoms with E-state index in [1.165, 1.54) is 25.3 Å². The Balaban J connectivity index is 2.02. The van der Waals surface area contributed by atoms with Gasteiger partial charge < -0.3 is 9.88 Å². The molecule has 2 aromatic rings. The van der Waals surface area contributed by atoms with Gasteiger partial charge in [0.15, 0.2) is 5.43 Å². The molecule has 1 aromatic heterocycles. The van der Waals surface area contributed by atoms with Gasteiger partial charge in [-0.25, -0.2) is 4.39 Å². The standard InChI is InChI=1S/C17H20FN2O/c1-2-20-9-8-17(21)13-10-14(18)15(11-16(13)20)19-12-6-4-3-5-7-12/h9-12,19H,2-7H2,1H3. The molecule has 1 aliphatic rings. The second kappa shape index (κ2) is 5.88. The lowest BCUT2D eigenvalue weighted by atomic mass is 9.95. The quantitative estimate of drug-likeness (QED) is 0.934. The summed E-state index contributed by atoms with van der Waals surface area (Å²) in [5.41, 5.74) is 1.01. The third-order valence-corrected chi connectivity index (χ3v) is 4.30. The molecule has 3 nitrogen and oxygen atoms in total. The Labute approximate surface area is 123 Å². The van der Waals surface area contributed by atoms with E-state index in [0.717, 1.165) is 24.9 Å². The van der Waals surface area contributed by atoms with Crippen LogP contribution in [-0.4, -0.2) is 10.6 Å². The molecule has 1 aromatic carbocycles. The highest BCUT2D eigenvalue weighted by atomic mass is 19.1. The van der Waals surface area contributed by atoms with Crippen LogP contribution in [0.15, 0.2) is 23.1 Å². The van der Waals surface area contributed by atoms with Gasteiger partial charge in [-0.3, -0.25) is 4.79 Å². The number of aromatic nitrogens is 1. The van der Waals surface area contributed by atoms with Crippen LogP contribution in [0.4, 0.5) is 10.1 Å². The van der Waals surface area contributed by atoms with Crippen molar-refractivity contribution in [2.75, 3.05) is 5.32 Å². The Kier molecular flexibility index (Phi) is 3.95. The third kappa shape index (κ3) is 2.80. The van der Waals surface area contributed by atoms with Crippen molar-refractivity contribution in [2.24, 2.45) is 0 Å². The van der Waals surface area contributed by atoms with E-state index in [-0.39, 0.29) is 11.2 Å². The molecule has 111 valence electrons. The van der Waals surface area contributed by atoms with Crippen molar-refractivity contribution in [3.63, 3.8) is 0 Å². The molecular formula is C17H20FN2O. The van der Waals surface area contributed by atoms with Crippen LogP contribution in [0.5, 0.6) is 0 Å². The Morgan fingerprint density at radius 3 is 2.81 bits per heavy atom. The van der Waals surface area contributed by atoms with Crippen LogP contribution in [0.1, 0.15) is 39.0 Å². The topological polar surface area (TPSA) is 34.0 Å². The summed E-state index contributed by atoms with van der Waals surface area (Å²) in [7, 11) is 0. The van der Waals surface area contributed by atoms with Gasteiger partial charge in [0.1, 0.15) is 5.82 Å². The number of fused-ring (bicyclic) bond motifs is 1. The number of rotatable bonds is 3. The number of pyridine rings is 1. The summed E-state index contributed by atoms with van der Waals surface area (Å²) in [4.78, 5) is 11.8. The van der Waals surface area contributed by atoms with Crippen molar-refractivity contribution >= 4 is 16.6 Å². The number of nitrogens with one attached hydrogen (secondary N) is 1. The average molecular weight is 287 g/mol. The normalized spacial score (nSPS) is 16.3. The molecule has 0 amide bonds. The predicted molar refractivity (Wildman–Crippen MR) is 83.2 cm³/mol. The molecule has 1 saturated carbocycles. The van der Waals surface area contributed by atoms with E-state index in [1.807, 2.05) is 11.5 Å². The van der Waals surface area contributed by atoms with Crippen molar-refractivity contribution in [3.8, 4) is 0 Å². The zero-order chi connectivity index (χ0) is 14.8. The maximum Gasteiger partial charge on any atom is 0.197 e. The monoisotopic (exact) mass is 287 g/mol. The van der Waals surface area contributed by atoms with Crippen LogP contribution in [0.3, 0.4) is 0 Å². The number of aryl methyl sites for hydroxylation is 1. The zero-order valence-electron chi connectivity index (χ0n) is 12.3. The third-order valence-electron chi connectivity index (χ3n) is 4.30. The van der Waals surface area contributed by atoms with E-state index in [0.29, 0.717) is 17.1 Å². The SMILES string of the molecule is CCn1c[c]c(=O)c2cc(F)c(NC3CCCCC3)cc21. The minimum atomic E-state index is -0.354. The minimum Gasteiger partial charge on any atom is -0.380 e. The van der Waals surface area contributed by atoms with Gasteiger partial charge in [-0.15, -0.1) is 0 Å². The molecule has 0 aliphatic heterocycles. The molecule has 1 N–H and O–H groups in total. The lowest BCUT2D eigenvalue weighted by molar-refractivity contribution is 0.460. The van der Waals surface area contributed by atoms with Crippen molar-refractivity contribution in [3.05, 3.63) is 40.4 Å². The summed E-state index contributed by atoms with van der Waals surface area (Å²) in [5.74, 6) is -0.354. The van der Waals surface area contributed by atoms with E-state index in [9.17, 15) is 9.18 Å². The maximum atomic E-state index is 14.3. The van der Waals surface area contributed by atoms with Gasteiger partial charge in [0.05, 0.1) is 17.3 Å². The molecule has 1 aliphatic carbocycles. The molecular weight excluding hydrogens is 267 g/mol. The number of anilines is 1. The molecule has 1 fully saturated rings. The van der Waals surface area contributed by atoms with E-state index in [1.54, 1.807) is 12.3 Å². The Bertz CT molecular complexity index is 702. The highest BCUT2D eigenvalue weighted by Gasteiger charge is 2.16. The van der Waals surface area contributed by atoms with Crippen molar-refractivity contribution in [1.29, 1.82) is 0 Å². The molecule has 0 bridgehead atoms. The van der Waals surface area contributed by atoms with Gasteiger partial charge in [-0.2, -0.15) is 0 Å². The van der Waals surface area contributed by atoms with E-state index >= 15 is 0 Å². The van der Waals surface area contributed by atoms with Crippen LogP contribution < -0.4 is 10.7 Å². The summed E-state index contributed by atoms with van der Waals surface area (Å²) in [5, 5.41) is 3.71. The van der Waals surface area contributed by atoms with Crippen molar-refractivity contribution in [1.82, 2.24) is 4.57 Å². The first-order chi connectivity index (χ1) is 10.2.